The van der Waals surface area contributed by atoms with Crippen LogP contribution in [0.4, 0.5) is 0 Å². The van der Waals surface area contributed by atoms with Crippen molar-refractivity contribution in [1.29, 1.82) is 0 Å². The van der Waals surface area contributed by atoms with Crippen LogP contribution in [0, 0.1) is 11.8 Å². The van der Waals surface area contributed by atoms with Crippen molar-refractivity contribution in [3.05, 3.63) is 0 Å². The molecule has 1 N–H and O–H groups in total. The molecule has 0 aromatic carbocycles. The highest BCUT2D eigenvalue weighted by Gasteiger charge is 2.41. The van der Waals surface area contributed by atoms with Gasteiger partial charge in [0.2, 0.25) is 5.91 Å². The fourth-order valence-electron chi connectivity index (χ4n) is 3.79. The number of carbonyl (C=O) groups excluding carboxylic acids is 1. The highest BCUT2D eigenvalue weighted by atomic mass is 16.5. The molecule has 0 aromatic heterocycles. The first-order valence-corrected chi connectivity index (χ1v) is 7.43. The number of hydrogen-bond acceptors (Lipinski definition) is 3. The van der Waals surface area contributed by atoms with Gasteiger partial charge in [-0.15, -0.1) is 0 Å². The number of rotatable bonds is 2. The zero-order chi connectivity index (χ0) is 12.5. The average molecular weight is 252 g/mol. The van der Waals surface area contributed by atoms with E-state index >= 15 is 0 Å². The second-order valence-corrected chi connectivity index (χ2v) is 5.92. The fourth-order valence-corrected chi connectivity index (χ4v) is 3.79. The Bertz CT molecular complexity index is 307. The van der Waals surface area contributed by atoms with E-state index < -0.39 is 0 Å². The molecular formula is C14H24N2O2. The van der Waals surface area contributed by atoms with E-state index in [2.05, 4.69) is 17.1 Å². The lowest BCUT2D eigenvalue weighted by molar-refractivity contribution is -0.136. The molecule has 4 unspecified atom stereocenters. The van der Waals surface area contributed by atoms with Gasteiger partial charge in [0.05, 0.1) is 12.0 Å². The van der Waals surface area contributed by atoms with E-state index in [1.54, 1.807) is 0 Å². The molecule has 0 spiro atoms. The molecule has 3 fully saturated rings. The van der Waals surface area contributed by atoms with Gasteiger partial charge in [0.25, 0.3) is 0 Å². The van der Waals surface area contributed by atoms with Crippen LogP contribution in [0.3, 0.4) is 0 Å². The molecule has 18 heavy (non-hydrogen) atoms. The number of ether oxygens (including phenoxy) is 1. The molecule has 0 bridgehead atoms. The zero-order valence-corrected chi connectivity index (χ0v) is 11.2. The summed E-state index contributed by atoms with van der Waals surface area (Å²) < 4.78 is 5.65. The smallest absolute Gasteiger partial charge is 0.228 e. The standard InChI is InChI=1S/C14H24N2O2/c1-2-13-11(5-7-18-13)14(17)16-8-10-4-3-6-15-12(10)9-16/h10-13,15H,2-9H2,1H3. The second-order valence-electron chi connectivity index (χ2n) is 5.92. The molecule has 0 saturated carbocycles. The predicted octanol–water partition coefficient (Wildman–Crippen LogP) is 1.01. The second kappa shape index (κ2) is 5.17. The normalized spacial score (nSPS) is 39.9. The molecule has 4 heteroatoms. The number of nitrogens with zero attached hydrogens (tertiary/aromatic N) is 1. The van der Waals surface area contributed by atoms with E-state index in [4.69, 9.17) is 4.74 Å². The Morgan fingerprint density at radius 3 is 3.06 bits per heavy atom. The highest BCUT2D eigenvalue weighted by Crippen LogP contribution is 2.30. The lowest BCUT2D eigenvalue weighted by atomic mass is 9.94. The van der Waals surface area contributed by atoms with Gasteiger partial charge in [-0.2, -0.15) is 0 Å². The summed E-state index contributed by atoms with van der Waals surface area (Å²) in [6.07, 6.45) is 4.56. The molecule has 0 aliphatic carbocycles. The van der Waals surface area contributed by atoms with Gasteiger partial charge in [-0.25, -0.2) is 0 Å². The number of amides is 1. The van der Waals surface area contributed by atoms with E-state index in [0.29, 0.717) is 17.9 Å². The Hall–Kier alpha value is -0.610. The van der Waals surface area contributed by atoms with E-state index in [9.17, 15) is 4.79 Å². The maximum Gasteiger partial charge on any atom is 0.228 e. The van der Waals surface area contributed by atoms with E-state index in [0.717, 1.165) is 39.1 Å². The van der Waals surface area contributed by atoms with Crippen LogP contribution in [0.15, 0.2) is 0 Å². The molecule has 0 radical (unpaired) electrons. The first-order valence-electron chi connectivity index (χ1n) is 7.43. The van der Waals surface area contributed by atoms with Crippen molar-refractivity contribution in [1.82, 2.24) is 10.2 Å². The number of piperidine rings is 1. The summed E-state index contributed by atoms with van der Waals surface area (Å²) in [6.45, 7) is 5.86. The molecule has 3 heterocycles. The number of hydrogen-bond donors (Lipinski definition) is 1. The van der Waals surface area contributed by atoms with E-state index in [1.807, 2.05) is 0 Å². The summed E-state index contributed by atoms with van der Waals surface area (Å²) in [7, 11) is 0. The molecule has 4 nitrogen and oxygen atoms in total. The molecule has 3 rings (SSSR count). The molecule has 3 saturated heterocycles. The summed E-state index contributed by atoms with van der Waals surface area (Å²) >= 11 is 0. The number of likely N-dealkylation sites (tertiary alicyclic amines) is 1. The van der Waals surface area contributed by atoms with Crippen molar-refractivity contribution in [2.24, 2.45) is 11.8 Å². The lowest BCUT2D eigenvalue weighted by Crippen LogP contribution is -2.42. The van der Waals surface area contributed by atoms with Crippen LogP contribution in [0.1, 0.15) is 32.6 Å². The van der Waals surface area contributed by atoms with Crippen molar-refractivity contribution in [2.75, 3.05) is 26.2 Å². The Kier molecular flexibility index (Phi) is 3.57. The van der Waals surface area contributed by atoms with Gasteiger partial charge >= 0.3 is 0 Å². The number of nitrogens with one attached hydrogen (secondary N) is 1. The van der Waals surface area contributed by atoms with Gasteiger partial charge in [0.15, 0.2) is 0 Å². The molecule has 4 atom stereocenters. The van der Waals surface area contributed by atoms with Crippen LogP contribution >= 0.6 is 0 Å². The fraction of sp³-hybridized carbons (Fsp3) is 0.929. The zero-order valence-electron chi connectivity index (χ0n) is 11.2. The van der Waals surface area contributed by atoms with Crippen LogP contribution in [0.5, 0.6) is 0 Å². The third kappa shape index (κ3) is 2.16. The van der Waals surface area contributed by atoms with Crippen LogP contribution in [0.25, 0.3) is 0 Å². The van der Waals surface area contributed by atoms with Crippen LogP contribution in [0.2, 0.25) is 0 Å². The number of carbonyl (C=O) groups is 1. The Balaban J connectivity index is 1.63. The van der Waals surface area contributed by atoms with Crippen molar-refractivity contribution in [3.63, 3.8) is 0 Å². The first-order chi connectivity index (χ1) is 8.79. The summed E-state index contributed by atoms with van der Waals surface area (Å²) in [5.74, 6) is 1.15. The topological polar surface area (TPSA) is 41.6 Å². The van der Waals surface area contributed by atoms with Gasteiger partial charge in [0.1, 0.15) is 0 Å². The maximum atomic E-state index is 12.6. The van der Waals surface area contributed by atoms with Crippen molar-refractivity contribution in [3.8, 4) is 0 Å². The SMILES string of the molecule is CCC1OCCC1C(=O)N1CC2CCCNC2C1. The Morgan fingerprint density at radius 1 is 1.39 bits per heavy atom. The Morgan fingerprint density at radius 2 is 2.28 bits per heavy atom. The lowest BCUT2D eigenvalue weighted by Gasteiger charge is -2.24. The van der Waals surface area contributed by atoms with Crippen molar-refractivity contribution < 1.29 is 9.53 Å². The Labute approximate surface area is 109 Å². The summed E-state index contributed by atoms with van der Waals surface area (Å²) in [4.78, 5) is 14.7. The minimum absolute atomic E-state index is 0.121. The maximum absolute atomic E-state index is 12.6. The predicted molar refractivity (Wildman–Crippen MR) is 69.2 cm³/mol. The summed E-state index contributed by atoms with van der Waals surface area (Å²) in [6, 6.07) is 0.546. The van der Waals surface area contributed by atoms with Crippen molar-refractivity contribution >= 4 is 5.91 Å². The third-order valence-electron chi connectivity index (χ3n) is 4.84. The third-order valence-corrected chi connectivity index (χ3v) is 4.84. The van der Waals surface area contributed by atoms with Gasteiger partial charge in [-0.3, -0.25) is 4.79 Å². The molecule has 0 aromatic rings. The minimum Gasteiger partial charge on any atom is -0.377 e. The molecule has 102 valence electrons. The van der Waals surface area contributed by atoms with Crippen LogP contribution < -0.4 is 5.32 Å². The molecule has 3 aliphatic heterocycles. The minimum atomic E-state index is 0.121. The van der Waals surface area contributed by atoms with Crippen molar-refractivity contribution in [2.45, 2.75) is 44.8 Å². The van der Waals surface area contributed by atoms with Crippen LogP contribution in [-0.4, -0.2) is 49.2 Å². The largest absolute Gasteiger partial charge is 0.377 e. The average Bonchev–Trinajstić information content (AvgIpc) is 3.03. The summed E-state index contributed by atoms with van der Waals surface area (Å²) in [5.41, 5.74) is 0. The van der Waals surface area contributed by atoms with E-state index in [-0.39, 0.29) is 12.0 Å². The van der Waals surface area contributed by atoms with Gasteiger partial charge < -0.3 is 15.0 Å². The number of fused-ring (bicyclic) bond motifs is 1. The quantitative estimate of drug-likeness (QED) is 0.797. The molecular weight excluding hydrogens is 228 g/mol. The summed E-state index contributed by atoms with van der Waals surface area (Å²) in [5, 5.41) is 3.56. The van der Waals surface area contributed by atoms with Gasteiger partial charge in [0, 0.05) is 25.7 Å². The van der Waals surface area contributed by atoms with Crippen LogP contribution in [-0.2, 0) is 9.53 Å². The van der Waals surface area contributed by atoms with Gasteiger partial charge in [-0.1, -0.05) is 6.92 Å². The highest BCUT2D eigenvalue weighted by molar-refractivity contribution is 5.80. The molecule has 3 aliphatic rings. The molecule has 1 amide bonds. The monoisotopic (exact) mass is 252 g/mol. The van der Waals surface area contributed by atoms with Gasteiger partial charge in [-0.05, 0) is 38.1 Å². The van der Waals surface area contributed by atoms with E-state index in [1.165, 1.54) is 12.8 Å². The first kappa shape index (κ1) is 12.4.